The van der Waals surface area contributed by atoms with Gasteiger partial charge in [0.15, 0.2) is 12.4 Å². The highest BCUT2D eigenvalue weighted by atomic mass is 16.6. The zero-order chi connectivity index (χ0) is 17.6. The topological polar surface area (TPSA) is 97.9 Å². The van der Waals surface area contributed by atoms with Crippen molar-refractivity contribution in [1.82, 2.24) is 15.1 Å². The maximum atomic E-state index is 12.2. The van der Waals surface area contributed by atoms with Crippen molar-refractivity contribution < 1.29 is 18.8 Å². The summed E-state index contributed by atoms with van der Waals surface area (Å²) in [7, 11) is 0. The number of rotatable bonds is 6. The molecule has 3 rings (SSSR count). The molecule has 0 N–H and O–H groups in total. The molecule has 0 saturated carbocycles. The molecule has 0 saturated heterocycles. The fourth-order valence-electron chi connectivity index (χ4n) is 2.42. The Labute approximate surface area is 144 Å². The molecule has 2 aromatic rings. The van der Waals surface area contributed by atoms with E-state index in [4.69, 9.17) is 9.26 Å². The van der Waals surface area contributed by atoms with E-state index in [9.17, 15) is 9.59 Å². The molecule has 0 bridgehead atoms. The summed E-state index contributed by atoms with van der Waals surface area (Å²) < 4.78 is 9.85. The Morgan fingerprint density at radius 2 is 2.04 bits per heavy atom. The maximum Gasteiger partial charge on any atom is 0.306 e. The number of hydrogen-bond acceptors (Lipinski definition) is 7. The lowest BCUT2D eigenvalue weighted by Crippen LogP contribution is -2.24. The number of nitrogens with zero attached hydrogens (tertiary/aromatic N) is 4. The SMILES string of the molecule is Cc1noc(COC(=O)CCC(=O)N2CCC(c3ccccc3)=N2)n1. The first-order valence-electron chi connectivity index (χ1n) is 8.00. The predicted molar refractivity (Wildman–Crippen MR) is 87.4 cm³/mol. The summed E-state index contributed by atoms with van der Waals surface area (Å²) in [6.07, 6.45) is 0.739. The Balaban J connectivity index is 1.45. The van der Waals surface area contributed by atoms with Gasteiger partial charge in [-0.15, -0.1) is 0 Å². The number of benzene rings is 1. The fourth-order valence-corrected chi connectivity index (χ4v) is 2.42. The summed E-state index contributed by atoms with van der Waals surface area (Å²) in [5, 5.41) is 9.36. The van der Waals surface area contributed by atoms with Gasteiger partial charge in [-0.05, 0) is 12.5 Å². The third-order valence-corrected chi connectivity index (χ3v) is 3.67. The monoisotopic (exact) mass is 342 g/mol. The van der Waals surface area contributed by atoms with E-state index < -0.39 is 5.97 Å². The van der Waals surface area contributed by atoms with Crippen LogP contribution in [0, 0.1) is 6.92 Å². The molecule has 25 heavy (non-hydrogen) atoms. The van der Waals surface area contributed by atoms with Crippen molar-refractivity contribution in [3.05, 3.63) is 47.6 Å². The molecule has 8 nitrogen and oxygen atoms in total. The van der Waals surface area contributed by atoms with Crippen LogP contribution in [0.2, 0.25) is 0 Å². The Hall–Kier alpha value is -3.03. The minimum atomic E-state index is -0.490. The van der Waals surface area contributed by atoms with Gasteiger partial charge in [0, 0.05) is 12.8 Å². The molecule has 0 fully saturated rings. The van der Waals surface area contributed by atoms with Gasteiger partial charge in [-0.3, -0.25) is 9.59 Å². The smallest absolute Gasteiger partial charge is 0.306 e. The second-order valence-corrected chi connectivity index (χ2v) is 5.58. The van der Waals surface area contributed by atoms with Crippen LogP contribution in [0.5, 0.6) is 0 Å². The van der Waals surface area contributed by atoms with Gasteiger partial charge < -0.3 is 9.26 Å². The first-order valence-corrected chi connectivity index (χ1v) is 8.00. The first-order chi connectivity index (χ1) is 12.1. The van der Waals surface area contributed by atoms with E-state index in [1.807, 2.05) is 30.3 Å². The van der Waals surface area contributed by atoms with Crippen molar-refractivity contribution in [1.29, 1.82) is 0 Å². The van der Waals surface area contributed by atoms with Crippen LogP contribution >= 0.6 is 0 Å². The number of amides is 1. The third kappa shape index (κ3) is 4.50. The second kappa shape index (κ2) is 7.69. The number of aryl methyl sites for hydroxylation is 1. The summed E-state index contributed by atoms with van der Waals surface area (Å²) >= 11 is 0. The Morgan fingerprint density at radius 1 is 1.24 bits per heavy atom. The minimum Gasteiger partial charge on any atom is -0.456 e. The summed E-state index contributed by atoms with van der Waals surface area (Å²) in [6, 6.07) is 9.72. The summed E-state index contributed by atoms with van der Waals surface area (Å²) in [4.78, 5) is 27.8. The molecule has 1 aliphatic rings. The van der Waals surface area contributed by atoms with Crippen molar-refractivity contribution in [3.63, 3.8) is 0 Å². The molecule has 8 heteroatoms. The zero-order valence-corrected chi connectivity index (χ0v) is 13.8. The largest absolute Gasteiger partial charge is 0.456 e. The van der Waals surface area contributed by atoms with E-state index in [2.05, 4.69) is 15.2 Å². The molecule has 0 radical (unpaired) electrons. The highest BCUT2D eigenvalue weighted by molar-refractivity contribution is 6.02. The molecule has 0 spiro atoms. The molecule has 130 valence electrons. The van der Waals surface area contributed by atoms with Crippen LogP contribution in [0.15, 0.2) is 40.0 Å². The standard InChI is InChI=1S/C17H18N4O4/c1-12-18-15(25-20-12)11-24-17(23)8-7-16(22)21-10-9-14(19-21)13-5-3-2-4-6-13/h2-6H,7-11H2,1H3. The van der Waals surface area contributed by atoms with Crippen molar-refractivity contribution in [2.75, 3.05) is 6.54 Å². The van der Waals surface area contributed by atoms with Crippen LogP contribution < -0.4 is 0 Å². The minimum absolute atomic E-state index is 0.0152. The molecular formula is C17H18N4O4. The molecule has 0 aliphatic carbocycles. The summed E-state index contributed by atoms with van der Waals surface area (Å²) in [5.74, 6) is 0.0170. The maximum absolute atomic E-state index is 12.2. The van der Waals surface area contributed by atoms with Gasteiger partial charge in [0.1, 0.15) is 0 Å². The number of aromatic nitrogens is 2. The van der Waals surface area contributed by atoms with Gasteiger partial charge in [0.25, 0.3) is 5.89 Å². The van der Waals surface area contributed by atoms with Gasteiger partial charge in [0.2, 0.25) is 5.91 Å². The van der Waals surface area contributed by atoms with Gasteiger partial charge in [-0.2, -0.15) is 10.1 Å². The number of carbonyl (C=O) groups excluding carboxylic acids is 2. The lowest BCUT2D eigenvalue weighted by molar-refractivity contribution is -0.147. The molecule has 1 aliphatic heterocycles. The molecule has 1 aromatic carbocycles. The predicted octanol–water partition coefficient (Wildman–Crippen LogP) is 1.84. The van der Waals surface area contributed by atoms with Crippen LogP contribution in [0.3, 0.4) is 0 Å². The number of carbonyl (C=O) groups is 2. The molecule has 1 aromatic heterocycles. The quantitative estimate of drug-likeness (QED) is 0.743. The number of hydrogen-bond donors (Lipinski definition) is 0. The Kier molecular flexibility index (Phi) is 5.17. The van der Waals surface area contributed by atoms with Crippen molar-refractivity contribution in [2.24, 2.45) is 5.10 Å². The van der Waals surface area contributed by atoms with Gasteiger partial charge in [0.05, 0.1) is 18.7 Å². The Morgan fingerprint density at radius 3 is 2.76 bits per heavy atom. The second-order valence-electron chi connectivity index (χ2n) is 5.58. The lowest BCUT2D eigenvalue weighted by atomic mass is 10.1. The van der Waals surface area contributed by atoms with Crippen LogP contribution in [0.4, 0.5) is 0 Å². The molecule has 0 unspecified atom stereocenters. The first kappa shape index (κ1) is 16.8. The summed E-state index contributed by atoms with van der Waals surface area (Å²) in [6.45, 7) is 2.11. The average molecular weight is 342 g/mol. The zero-order valence-electron chi connectivity index (χ0n) is 13.8. The molecular weight excluding hydrogens is 324 g/mol. The van der Waals surface area contributed by atoms with Crippen molar-refractivity contribution in [2.45, 2.75) is 32.8 Å². The van der Waals surface area contributed by atoms with E-state index >= 15 is 0 Å². The van der Waals surface area contributed by atoms with E-state index in [1.54, 1.807) is 6.92 Å². The van der Waals surface area contributed by atoms with Crippen molar-refractivity contribution in [3.8, 4) is 0 Å². The van der Waals surface area contributed by atoms with E-state index in [0.717, 1.165) is 11.3 Å². The number of ether oxygens (including phenoxy) is 1. The van der Waals surface area contributed by atoms with Crippen LogP contribution in [0.25, 0.3) is 0 Å². The lowest BCUT2D eigenvalue weighted by Gasteiger charge is -2.10. The molecule has 2 heterocycles. The highest BCUT2D eigenvalue weighted by Crippen LogP contribution is 2.15. The van der Waals surface area contributed by atoms with E-state index in [0.29, 0.717) is 18.8 Å². The Bertz CT molecular complexity index is 785. The van der Waals surface area contributed by atoms with Gasteiger partial charge in [-0.1, -0.05) is 35.5 Å². The van der Waals surface area contributed by atoms with Crippen LogP contribution in [-0.4, -0.2) is 39.3 Å². The average Bonchev–Trinajstić information content (AvgIpc) is 3.28. The van der Waals surface area contributed by atoms with Crippen molar-refractivity contribution >= 4 is 17.6 Å². The highest BCUT2D eigenvalue weighted by Gasteiger charge is 2.22. The normalized spacial score (nSPS) is 13.6. The molecule has 1 amide bonds. The van der Waals surface area contributed by atoms with Crippen LogP contribution in [-0.2, 0) is 20.9 Å². The molecule has 0 atom stereocenters. The van der Waals surface area contributed by atoms with Gasteiger partial charge in [-0.25, -0.2) is 5.01 Å². The third-order valence-electron chi connectivity index (χ3n) is 3.67. The summed E-state index contributed by atoms with van der Waals surface area (Å²) in [5.41, 5.74) is 1.88. The van der Waals surface area contributed by atoms with E-state index in [-0.39, 0.29) is 31.2 Å². The number of esters is 1. The fraction of sp³-hybridized carbons (Fsp3) is 0.353. The van der Waals surface area contributed by atoms with Gasteiger partial charge >= 0.3 is 5.97 Å². The van der Waals surface area contributed by atoms with Crippen LogP contribution in [0.1, 0.15) is 36.5 Å². The van der Waals surface area contributed by atoms with E-state index in [1.165, 1.54) is 5.01 Å². The number of hydrazone groups is 1.